The van der Waals surface area contributed by atoms with Crippen molar-refractivity contribution in [3.05, 3.63) is 0 Å². The highest BCUT2D eigenvalue weighted by atomic mass is 16.5. The molecular weight excluding hydrogens is 428 g/mol. The van der Waals surface area contributed by atoms with Gasteiger partial charge in [-0.05, 0) is 86.9 Å². The number of aliphatic hydroxyl groups excluding tert-OH is 1. The van der Waals surface area contributed by atoms with Gasteiger partial charge in [-0.3, -0.25) is 4.79 Å². The van der Waals surface area contributed by atoms with Crippen LogP contribution in [0.5, 0.6) is 0 Å². The van der Waals surface area contributed by atoms with Crippen molar-refractivity contribution in [1.82, 2.24) is 0 Å². The van der Waals surface area contributed by atoms with Crippen molar-refractivity contribution < 1.29 is 24.2 Å². The molecule has 0 aromatic rings. The standard InChI is InChI=1S/C29H46O5/c1-3-4-5-6-8-26-23-11-10-22-20-18-25(31)24-17-19(33-27(32)9-7-16-30)12-14-28(24,2)21(20)13-15-29(22,23)34-26/h16,19-26,31H,3-15,17-18H2,1-2H3/t19?,20?,21-,22?,23?,24?,25-,26?,28?,29?/m0/s1. The van der Waals surface area contributed by atoms with Crippen LogP contribution in [-0.4, -0.2) is 41.3 Å². The van der Waals surface area contributed by atoms with E-state index in [1.807, 2.05) is 0 Å². The number of esters is 1. The van der Waals surface area contributed by atoms with E-state index >= 15 is 0 Å². The number of unbranched alkanes of at least 4 members (excludes halogenated alkanes) is 3. The van der Waals surface area contributed by atoms with Gasteiger partial charge in [0, 0.05) is 12.3 Å². The summed E-state index contributed by atoms with van der Waals surface area (Å²) in [5.74, 6) is 2.52. The quantitative estimate of drug-likeness (QED) is 0.267. The molecule has 0 aromatic carbocycles. The van der Waals surface area contributed by atoms with Gasteiger partial charge >= 0.3 is 5.97 Å². The molecule has 5 aliphatic rings. The topological polar surface area (TPSA) is 72.8 Å². The van der Waals surface area contributed by atoms with Crippen LogP contribution in [0.15, 0.2) is 0 Å². The van der Waals surface area contributed by atoms with E-state index in [0.29, 0.717) is 23.9 Å². The summed E-state index contributed by atoms with van der Waals surface area (Å²) in [7, 11) is 0. The van der Waals surface area contributed by atoms with Gasteiger partial charge in [-0.2, -0.15) is 0 Å². The Balaban J connectivity index is 1.22. The fourth-order valence-corrected chi connectivity index (χ4v) is 9.51. The van der Waals surface area contributed by atoms with Crippen molar-refractivity contribution >= 4 is 12.3 Å². The Morgan fingerprint density at radius 2 is 1.85 bits per heavy atom. The van der Waals surface area contributed by atoms with Gasteiger partial charge in [0.25, 0.3) is 0 Å². The summed E-state index contributed by atoms with van der Waals surface area (Å²) in [5.41, 5.74) is 0.238. The zero-order valence-electron chi connectivity index (χ0n) is 21.4. The van der Waals surface area contributed by atoms with Gasteiger partial charge in [-0.1, -0.05) is 39.5 Å². The first-order valence-electron chi connectivity index (χ1n) is 14.4. The highest BCUT2D eigenvalue weighted by Gasteiger charge is 2.69. The summed E-state index contributed by atoms with van der Waals surface area (Å²) in [6.07, 6.45) is 16.3. The summed E-state index contributed by atoms with van der Waals surface area (Å²) in [6, 6.07) is 0. The van der Waals surface area contributed by atoms with Crippen LogP contribution in [0, 0.1) is 35.0 Å². The smallest absolute Gasteiger partial charge is 0.306 e. The number of carbonyl (C=O) groups is 2. The molecule has 1 saturated heterocycles. The van der Waals surface area contributed by atoms with E-state index in [1.165, 1.54) is 57.8 Å². The molecule has 5 fully saturated rings. The zero-order chi connectivity index (χ0) is 23.9. The van der Waals surface area contributed by atoms with Crippen LogP contribution in [0.3, 0.4) is 0 Å². The predicted octanol–water partition coefficient (Wildman–Crippen LogP) is 5.61. The Kier molecular flexibility index (Phi) is 7.16. The molecule has 0 radical (unpaired) electrons. The second-order valence-electron chi connectivity index (χ2n) is 12.6. The lowest BCUT2D eigenvalue weighted by molar-refractivity contribution is -0.301. The van der Waals surface area contributed by atoms with E-state index in [4.69, 9.17) is 9.47 Å². The van der Waals surface area contributed by atoms with Gasteiger partial charge in [0.05, 0.1) is 24.2 Å². The minimum atomic E-state index is -0.318. The van der Waals surface area contributed by atoms with Crippen molar-refractivity contribution in [2.75, 3.05) is 0 Å². The third-order valence-electron chi connectivity index (χ3n) is 11.0. The molecule has 1 aliphatic heterocycles. The van der Waals surface area contributed by atoms with Gasteiger partial charge in [-0.15, -0.1) is 0 Å². The van der Waals surface area contributed by atoms with Gasteiger partial charge in [-0.25, -0.2) is 0 Å². The highest BCUT2D eigenvalue weighted by molar-refractivity contribution is 5.72. The van der Waals surface area contributed by atoms with Gasteiger partial charge < -0.3 is 19.4 Å². The van der Waals surface area contributed by atoms with Crippen molar-refractivity contribution in [2.45, 2.75) is 134 Å². The number of hydrogen-bond acceptors (Lipinski definition) is 5. The molecule has 4 aliphatic carbocycles. The molecule has 5 rings (SSSR count). The Morgan fingerprint density at radius 3 is 2.65 bits per heavy atom. The Hall–Kier alpha value is -0.940. The van der Waals surface area contributed by atoms with Crippen molar-refractivity contribution in [3.63, 3.8) is 0 Å². The average Bonchev–Trinajstić information content (AvgIpc) is 3.11. The molecule has 1 heterocycles. The second kappa shape index (κ2) is 9.84. The van der Waals surface area contributed by atoms with Crippen LogP contribution in [0.1, 0.15) is 110 Å². The molecule has 0 amide bonds. The lowest BCUT2D eigenvalue weighted by Crippen LogP contribution is -2.66. The number of aldehydes is 1. The summed E-state index contributed by atoms with van der Waals surface area (Å²) in [6.45, 7) is 4.69. The molecule has 0 aromatic heterocycles. The second-order valence-corrected chi connectivity index (χ2v) is 12.6. The maximum absolute atomic E-state index is 12.1. The molecule has 4 saturated carbocycles. The maximum atomic E-state index is 12.1. The summed E-state index contributed by atoms with van der Waals surface area (Å²) in [4.78, 5) is 22.7. The highest BCUT2D eigenvalue weighted by Crippen LogP contribution is 2.69. The maximum Gasteiger partial charge on any atom is 0.306 e. The molecule has 8 unspecified atom stereocenters. The fraction of sp³-hybridized carbons (Fsp3) is 0.931. The molecule has 0 bridgehead atoms. The first kappa shape index (κ1) is 24.7. The molecular formula is C29H46O5. The molecule has 5 nitrogen and oxygen atoms in total. The normalized spacial score (nSPS) is 46.9. The molecule has 10 atom stereocenters. The van der Waals surface area contributed by atoms with E-state index in [2.05, 4.69) is 13.8 Å². The Labute approximate surface area is 205 Å². The SMILES string of the molecule is CCCCCCC1OC23CC[C@H]4C(C[C@H](O)C5CC(OC(=O)CCC=O)CCC54C)C2CCC13. The van der Waals surface area contributed by atoms with E-state index in [9.17, 15) is 14.7 Å². The van der Waals surface area contributed by atoms with Crippen LogP contribution in [0.2, 0.25) is 0 Å². The van der Waals surface area contributed by atoms with Crippen LogP contribution >= 0.6 is 0 Å². The number of aliphatic hydroxyl groups is 1. The minimum absolute atomic E-state index is 0.113. The summed E-state index contributed by atoms with van der Waals surface area (Å²) in [5, 5.41) is 11.4. The van der Waals surface area contributed by atoms with Crippen molar-refractivity contribution in [2.24, 2.45) is 35.0 Å². The number of rotatable bonds is 9. The number of ether oxygens (including phenoxy) is 2. The lowest BCUT2D eigenvalue weighted by Gasteiger charge is -2.65. The van der Waals surface area contributed by atoms with Crippen molar-refractivity contribution in [1.29, 1.82) is 0 Å². The van der Waals surface area contributed by atoms with Crippen LogP contribution < -0.4 is 0 Å². The molecule has 5 heteroatoms. The summed E-state index contributed by atoms with van der Waals surface area (Å²) < 4.78 is 12.5. The first-order chi connectivity index (χ1) is 16.4. The number of carbonyl (C=O) groups excluding carboxylic acids is 2. The molecule has 192 valence electrons. The van der Waals surface area contributed by atoms with Gasteiger partial charge in [0.15, 0.2) is 0 Å². The van der Waals surface area contributed by atoms with Gasteiger partial charge in [0.1, 0.15) is 12.4 Å². The van der Waals surface area contributed by atoms with E-state index in [1.54, 1.807) is 0 Å². The molecule has 1 spiro atoms. The monoisotopic (exact) mass is 474 g/mol. The first-order valence-corrected chi connectivity index (χ1v) is 14.4. The van der Waals surface area contributed by atoms with E-state index < -0.39 is 0 Å². The lowest BCUT2D eigenvalue weighted by atomic mass is 9.45. The van der Waals surface area contributed by atoms with Crippen LogP contribution in [-0.2, 0) is 19.1 Å². The Morgan fingerprint density at radius 1 is 1.03 bits per heavy atom. The number of hydrogen-bond donors (Lipinski definition) is 1. The molecule has 34 heavy (non-hydrogen) atoms. The van der Waals surface area contributed by atoms with E-state index in [0.717, 1.165) is 37.9 Å². The van der Waals surface area contributed by atoms with Crippen molar-refractivity contribution in [3.8, 4) is 0 Å². The van der Waals surface area contributed by atoms with E-state index in [-0.39, 0.29) is 48.0 Å². The number of fused-ring (bicyclic) bond motifs is 4. The van der Waals surface area contributed by atoms with Crippen LogP contribution in [0.25, 0.3) is 0 Å². The summed E-state index contributed by atoms with van der Waals surface area (Å²) >= 11 is 0. The molecule has 1 N–H and O–H groups in total. The Bertz CT molecular complexity index is 753. The zero-order valence-corrected chi connectivity index (χ0v) is 21.4. The third kappa shape index (κ3) is 4.07. The fourth-order valence-electron chi connectivity index (χ4n) is 9.51. The third-order valence-corrected chi connectivity index (χ3v) is 11.0. The average molecular weight is 475 g/mol. The predicted molar refractivity (Wildman–Crippen MR) is 130 cm³/mol. The van der Waals surface area contributed by atoms with Gasteiger partial charge in [0.2, 0.25) is 0 Å². The largest absolute Gasteiger partial charge is 0.462 e. The minimum Gasteiger partial charge on any atom is -0.462 e. The van der Waals surface area contributed by atoms with Crippen LogP contribution in [0.4, 0.5) is 0 Å².